The van der Waals surface area contributed by atoms with E-state index in [0.717, 1.165) is 21.0 Å². The minimum atomic E-state index is -3.33. The van der Waals surface area contributed by atoms with Crippen LogP contribution in [0, 0.1) is 0 Å². The van der Waals surface area contributed by atoms with Crippen LogP contribution in [0.4, 0.5) is 0 Å². The molecular formula is C27H26ClN3O4S2. The predicted molar refractivity (Wildman–Crippen MR) is 146 cm³/mol. The Hall–Kier alpha value is -2.98. The summed E-state index contributed by atoms with van der Waals surface area (Å²) in [7, 11) is -3.33. The number of morpholine rings is 1. The molecule has 5 rings (SSSR count). The lowest BCUT2D eigenvalue weighted by atomic mass is 10.2. The zero-order valence-corrected chi connectivity index (χ0v) is 23.0. The van der Waals surface area contributed by atoms with Gasteiger partial charge in [0.05, 0.1) is 38.4 Å². The first-order chi connectivity index (χ1) is 17.6. The topological polar surface area (TPSA) is 81.5 Å². The summed E-state index contributed by atoms with van der Waals surface area (Å²) in [5.41, 5.74) is 2.51. The van der Waals surface area contributed by atoms with E-state index in [-0.39, 0.29) is 23.0 Å². The second kappa shape index (κ2) is 10.1. The lowest BCUT2D eigenvalue weighted by Crippen LogP contribution is -2.48. The monoisotopic (exact) mass is 555 g/mol. The lowest BCUT2D eigenvalue weighted by molar-refractivity contribution is -0.0587. The summed E-state index contributed by atoms with van der Waals surface area (Å²) in [5, 5.41) is 5.21. The van der Waals surface area contributed by atoms with E-state index in [2.05, 4.69) is 0 Å². The Bertz CT molecular complexity index is 1570. The highest BCUT2D eigenvalue weighted by molar-refractivity contribution is 7.90. The number of hydrogen-bond acceptors (Lipinski definition) is 6. The van der Waals surface area contributed by atoms with E-state index in [0.29, 0.717) is 29.5 Å². The van der Waals surface area contributed by atoms with Crippen LogP contribution in [0.2, 0.25) is 5.02 Å². The number of sulfone groups is 1. The van der Waals surface area contributed by atoms with Crippen molar-refractivity contribution >= 4 is 38.7 Å². The normalized spacial score (nSPS) is 18.2. The number of amides is 1. The van der Waals surface area contributed by atoms with Gasteiger partial charge in [0.25, 0.3) is 5.91 Å². The van der Waals surface area contributed by atoms with Crippen LogP contribution in [0.15, 0.2) is 71.6 Å². The second-order valence-corrected chi connectivity index (χ2v) is 12.7. The number of nitrogens with zero attached hydrogens (tertiary/aromatic N) is 3. The molecule has 4 aromatic rings. The molecular weight excluding hydrogens is 530 g/mol. The number of benzene rings is 2. The number of rotatable bonds is 5. The average Bonchev–Trinajstić information content (AvgIpc) is 3.51. The van der Waals surface area contributed by atoms with E-state index >= 15 is 0 Å². The Morgan fingerprint density at radius 1 is 1.00 bits per heavy atom. The van der Waals surface area contributed by atoms with Crippen molar-refractivity contribution in [3.63, 3.8) is 0 Å². The third-order valence-electron chi connectivity index (χ3n) is 6.12. The van der Waals surface area contributed by atoms with Gasteiger partial charge in [-0.05, 0) is 61.9 Å². The van der Waals surface area contributed by atoms with Crippen LogP contribution in [0.5, 0.6) is 0 Å². The molecule has 7 nitrogen and oxygen atoms in total. The van der Waals surface area contributed by atoms with Gasteiger partial charge in [-0.2, -0.15) is 5.10 Å². The van der Waals surface area contributed by atoms with Crippen LogP contribution in [0.1, 0.15) is 24.3 Å². The van der Waals surface area contributed by atoms with Crippen molar-refractivity contribution < 1.29 is 17.9 Å². The number of halogens is 1. The minimum Gasteiger partial charge on any atom is -0.372 e. The molecule has 0 bridgehead atoms. The molecule has 2 aromatic heterocycles. The smallest absolute Gasteiger partial charge is 0.274 e. The highest BCUT2D eigenvalue weighted by Crippen LogP contribution is 2.37. The fourth-order valence-corrected chi connectivity index (χ4v) is 6.37. The third kappa shape index (κ3) is 5.36. The maximum absolute atomic E-state index is 13.5. The number of aromatic nitrogens is 2. The number of ether oxygens (including phenoxy) is 1. The molecule has 37 heavy (non-hydrogen) atoms. The van der Waals surface area contributed by atoms with E-state index in [1.54, 1.807) is 39.9 Å². The lowest BCUT2D eigenvalue weighted by Gasteiger charge is -2.34. The Kier molecular flexibility index (Phi) is 6.97. The van der Waals surface area contributed by atoms with Crippen LogP contribution >= 0.6 is 22.9 Å². The van der Waals surface area contributed by atoms with E-state index < -0.39 is 9.84 Å². The minimum absolute atomic E-state index is 0.0552. The van der Waals surface area contributed by atoms with Gasteiger partial charge >= 0.3 is 0 Å². The zero-order chi connectivity index (χ0) is 26.3. The Morgan fingerprint density at radius 3 is 2.41 bits per heavy atom. The first-order valence-electron chi connectivity index (χ1n) is 11.8. The molecule has 1 amide bonds. The number of para-hydroxylation sites is 1. The highest BCUT2D eigenvalue weighted by Gasteiger charge is 2.29. The van der Waals surface area contributed by atoms with Crippen molar-refractivity contribution in [2.24, 2.45) is 0 Å². The van der Waals surface area contributed by atoms with E-state index in [4.69, 9.17) is 21.4 Å². The van der Waals surface area contributed by atoms with Crippen LogP contribution < -0.4 is 0 Å². The molecule has 1 saturated heterocycles. The first kappa shape index (κ1) is 25.7. The van der Waals surface area contributed by atoms with Gasteiger partial charge in [-0.1, -0.05) is 35.9 Å². The van der Waals surface area contributed by atoms with Crippen molar-refractivity contribution in [1.29, 1.82) is 0 Å². The molecule has 2 atom stereocenters. The second-order valence-electron chi connectivity index (χ2n) is 9.21. The number of carbonyl (C=O) groups is 1. The predicted octanol–water partition coefficient (Wildman–Crippen LogP) is 5.57. The largest absolute Gasteiger partial charge is 0.372 e. The summed E-state index contributed by atoms with van der Waals surface area (Å²) in [6, 6.07) is 19.9. The van der Waals surface area contributed by atoms with Crippen molar-refractivity contribution in [1.82, 2.24) is 14.7 Å². The van der Waals surface area contributed by atoms with Crippen LogP contribution in [0.25, 0.3) is 26.7 Å². The van der Waals surface area contributed by atoms with Gasteiger partial charge in [0.2, 0.25) is 0 Å². The van der Waals surface area contributed by atoms with Gasteiger partial charge in [0.15, 0.2) is 15.5 Å². The number of thiophene rings is 1. The van der Waals surface area contributed by atoms with Crippen molar-refractivity contribution in [3.05, 3.63) is 77.4 Å². The van der Waals surface area contributed by atoms with E-state index in [9.17, 15) is 13.2 Å². The van der Waals surface area contributed by atoms with Crippen molar-refractivity contribution in [2.75, 3.05) is 19.3 Å². The van der Waals surface area contributed by atoms with Crippen molar-refractivity contribution in [3.8, 4) is 26.7 Å². The van der Waals surface area contributed by atoms with Gasteiger partial charge < -0.3 is 9.64 Å². The molecule has 10 heteroatoms. The Balaban J connectivity index is 1.57. The van der Waals surface area contributed by atoms with E-state index in [1.807, 2.05) is 50.2 Å². The molecule has 0 radical (unpaired) electrons. The summed E-state index contributed by atoms with van der Waals surface area (Å²) in [6.07, 6.45) is 1.09. The molecule has 0 N–H and O–H groups in total. The number of carbonyl (C=O) groups excluding carboxylic acids is 1. The summed E-state index contributed by atoms with van der Waals surface area (Å²) in [5.74, 6) is -0.160. The summed E-state index contributed by atoms with van der Waals surface area (Å²) in [4.78, 5) is 17.3. The summed E-state index contributed by atoms with van der Waals surface area (Å²) < 4.78 is 31.6. The van der Waals surface area contributed by atoms with E-state index in [1.165, 1.54) is 17.6 Å². The SMILES string of the molecule is CC1CN(C(=O)c2cc(-c3ccc(-c4cccc(S(C)(=O)=O)c4)s3)n(-c3ccccc3Cl)n2)CC(C)O1. The molecule has 0 spiro atoms. The fourth-order valence-electron chi connectivity index (χ4n) is 4.48. The molecule has 2 aromatic carbocycles. The molecule has 0 aliphatic carbocycles. The maximum atomic E-state index is 13.5. The van der Waals surface area contributed by atoms with Crippen molar-refractivity contribution in [2.45, 2.75) is 31.0 Å². The molecule has 2 unspecified atom stereocenters. The maximum Gasteiger partial charge on any atom is 0.274 e. The van der Waals surface area contributed by atoms with Gasteiger partial charge in [-0.3, -0.25) is 4.79 Å². The summed E-state index contributed by atoms with van der Waals surface area (Å²) in [6.45, 7) is 4.90. The standard InChI is InChI=1S/C27H26ClN3O4S2/c1-17-15-30(16-18(2)35-17)27(32)22-14-24(31(29-22)23-10-5-4-9-21(23)28)26-12-11-25(36-26)19-7-6-8-20(13-19)37(3,33)34/h4-14,17-18H,15-16H2,1-3H3. The Labute approximate surface area is 225 Å². The molecule has 0 saturated carbocycles. The zero-order valence-electron chi connectivity index (χ0n) is 20.6. The van der Waals surface area contributed by atoms with Crippen LogP contribution in [0.3, 0.4) is 0 Å². The van der Waals surface area contributed by atoms with Gasteiger partial charge in [-0.15, -0.1) is 11.3 Å². The van der Waals surface area contributed by atoms with Crippen LogP contribution in [-0.2, 0) is 14.6 Å². The molecule has 1 aliphatic rings. The Morgan fingerprint density at radius 2 is 1.70 bits per heavy atom. The van der Waals surface area contributed by atoms with Crippen LogP contribution in [-0.4, -0.2) is 60.6 Å². The van der Waals surface area contributed by atoms with Gasteiger partial charge in [0, 0.05) is 24.2 Å². The molecule has 1 fully saturated rings. The third-order valence-corrected chi connectivity index (χ3v) is 8.71. The van der Waals surface area contributed by atoms with Gasteiger partial charge in [0.1, 0.15) is 0 Å². The number of hydrogen-bond donors (Lipinski definition) is 0. The highest BCUT2D eigenvalue weighted by atomic mass is 35.5. The quantitative estimate of drug-likeness (QED) is 0.321. The molecule has 192 valence electrons. The molecule has 3 heterocycles. The van der Waals surface area contributed by atoms with Gasteiger partial charge in [-0.25, -0.2) is 13.1 Å². The first-order valence-corrected chi connectivity index (χ1v) is 14.9. The molecule has 1 aliphatic heterocycles. The summed E-state index contributed by atoms with van der Waals surface area (Å²) >= 11 is 8.02. The average molecular weight is 556 g/mol. The fraction of sp³-hybridized carbons (Fsp3) is 0.259.